The molecule has 2 rings (SSSR count). The molecule has 0 saturated heterocycles. The molecular formula is C14H14BrFN2. The van der Waals surface area contributed by atoms with Crippen LogP contribution in [0.25, 0.3) is 0 Å². The van der Waals surface area contributed by atoms with Crippen molar-refractivity contribution in [2.75, 3.05) is 0 Å². The van der Waals surface area contributed by atoms with Gasteiger partial charge < -0.3 is 0 Å². The predicted octanol–water partition coefficient (Wildman–Crippen LogP) is 3.34. The van der Waals surface area contributed by atoms with Crippen LogP contribution in [0.1, 0.15) is 17.2 Å². The topological polar surface area (TPSA) is 38.0 Å². The second-order valence-electron chi connectivity index (χ2n) is 4.07. The molecule has 2 aromatic rings. The van der Waals surface area contributed by atoms with Crippen molar-refractivity contribution in [3.8, 4) is 0 Å². The molecule has 4 heteroatoms. The van der Waals surface area contributed by atoms with Crippen LogP contribution >= 0.6 is 15.9 Å². The molecule has 0 fully saturated rings. The van der Waals surface area contributed by atoms with Crippen LogP contribution in [-0.2, 0) is 6.42 Å². The molecule has 2 nitrogen and oxygen atoms in total. The molecular weight excluding hydrogens is 295 g/mol. The maximum absolute atomic E-state index is 13.1. The summed E-state index contributed by atoms with van der Waals surface area (Å²) in [7, 11) is 0. The van der Waals surface area contributed by atoms with Gasteiger partial charge in [0.25, 0.3) is 0 Å². The maximum Gasteiger partial charge on any atom is 0.124 e. The minimum Gasteiger partial charge on any atom is -0.271 e. The van der Waals surface area contributed by atoms with Gasteiger partial charge in [0.2, 0.25) is 0 Å². The fourth-order valence-electron chi connectivity index (χ4n) is 1.89. The van der Waals surface area contributed by atoms with Gasteiger partial charge in [0.05, 0.1) is 6.04 Å². The van der Waals surface area contributed by atoms with E-state index in [1.165, 1.54) is 17.7 Å². The molecule has 1 atom stereocenters. The van der Waals surface area contributed by atoms with Gasteiger partial charge in [-0.2, -0.15) is 0 Å². The largest absolute Gasteiger partial charge is 0.271 e. The highest BCUT2D eigenvalue weighted by molar-refractivity contribution is 9.10. The molecule has 94 valence electrons. The first kappa shape index (κ1) is 13.2. The Morgan fingerprint density at radius 1 is 1.17 bits per heavy atom. The average Bonchev–Trinajstić information content (AvgIpc) is 2.38. The fraction of sp³-hybridized carbons (Fsp3) is 0.143. The van der Waals surface area contributed by atoms with Gasteiger partial charge in [-0.3, -0.25) is 11.3 Å². The Morgan fingerprint density at radius 3 is 2.50 bits per heavy atom. The van der Waals surface area contributed by atoms with E-state index in [4.69, 9.17) is 5.84 Å². The number of hydrazine groups is 1. The van der Waals surface area contributed by atoms with Gasteiger partial charge in [0.1, 0.15) is 5.82 Å². The molecule has 0 spiro atoms. The first-order valence-electron chi connectivity index (χ1n) is 5.65. The van der Waals surface area contributed by atoms with Crippen LogP contribution in [0.4, 0.5) is 4.39 Å². The molecule has 0 saturated carbocycles. The lowest BCUT2D eigenvalue weighted by atomic mass is 9.99. The SMILES string of the molecule is NNC(Cc1ccccc1)c1ccc(F)cc1Br. The normalized spacial score (nSPS) is 12.4. The number of rotatable bonds is 4. The highest BCUT2D eigenvalue weighted by Crippen LogP contribution is 2.26. The van der Waals surface area contributed by atoms with Crippen LogP contribution in [0, 0.1) is 5.82 Å². The van der Waals surface area contributed by atoms with Crippen LogP contribution in [-0.4, -0.2) is 0 Å². The van der Waals surface area contributed by atoms with E-state index in [-0.39, 0.29) is 11.9 Å². The van der Waals surface area contributed by atoms with Crippen molar-refractivity contribution < 1.29 is 4.39 Å². The van der Waals surface area contributed by atoms with Gasteiger partial charge in [0, 0.05) is 4.47 Å². The Kier molecular flexibility index (Phi) is 4.47. The van der Waals surface area contributed by atoms with Crippen molar-refractivity contribution in [2.45, 2.75) is 12.5 Å². The van der Waals surface area contributed by atoms with E-state index in [9.17, 15) is 4.39 Å². The summed E-state index contributed by atoms with van der Waals surface area (Å²) in [5.74, 6) is 5.33. The lowest BCUT2D eigenvalue weighted by molar-refractivity contribution is 0.547. The Labute approximate surface area is 114 Å². The zero-order valence-electron chi connectivity index (χ0n) is 9.74. The summed E-state index contributed by atoms with van der Waals surface area (Å²) in [5, 5.41) is 0. The van der Waals surface area contributed by atoms with Crippen LogP contribution in [0.3, 0.4) is 0 Å². The Morgan fingerprint density at radius 2 is 1.89 bits per heavy atom. The van der Waals surface area contributed by atoms with Crippen LogP contribution in [0.5, 0.6) is 0 Å². The average molecular weight is 309 g/mol. The van der Waals surface area contributed by atoms with E-state index < -0.39 is 0 Å². The summed E-state index contributed by atoms with van der Waals surface area (Å²) >= 11 is 3.37. The molecule has 0 amide bonds. The van der Waals surface area contributed by atoms with Crippen LogP contribution in [0.2, 0.25) is 0 Å². The lowest BCUT2D eigenvalue weighted by Crippen LogP contribution is -2.29. The molecule has 0 aliphatic heterocycles. The lowest BCUT2D eigenvalue weighted by Gasteiger charge is -2.18. The highest BCUT2D eigenvalue weighted by Gasteiger charge is 2.14. The first-order valence-corrected chi connectivity index (χ1v) is 6.45. The van der Waals surface area contributed by atoms with Crippen molar-refractivity contribution in [2.24, 2.45) is 5.84 Å². The Bertz CT molecular complexity index is 516. The number of hydrogen-bond acceptors (Lipinski definition) is 2. The first-order chi connectivity index (χ1) is 8.70. The van der Waals surface area contributed by atoms with E-state index in [0.717, 1.165) is 16.5 Å². The van der Waals surface area contributed by atoms with Gasteiger partial charge in [0.15, 0.2) is 0 Å². The summed E-state index contributed by atoms with van der Waals surface area (Å²) in [4.78, 5) is 0. The van der Waals surface area contributed by atoms with Crippen molar-refractivity contribution >= 4 is 15.9 Å². The van der Waals surface area contributed by atoms with E-state index in [0.29, 0.717) is 0 Å². The third kappa shape index (κ3) is 3.16. The number of benzene rings is 2. The van der Waals surface area contributed by atoms with E-state index >= 15 is 0 Å². The standard InChI is InChI=1S/C14H14BrFN2/c15-13-9-11(16)6-7-12(13)14(18-17)8-10-4-2-1-3-5-10/h1-7,9,14,18H,8,17H2. The molecule has 2 aromatic carbocycles. The maximum atomic E-state index is 13.1. The molecule has 0 radical (unpaired) electrons. The van der Waals surface area contributed by atoms with E-state index in [2.05, 4.69) is 21.4 Å². The van der Waals surface area contributed by atoms with Crippen LogP contribution in [0.15, 0.2) is 53.0 Å². The third-order valence-electron chi connectivity index (χ3n) is 2.82. The molecule has 0 bridgehead atoms. The Hall–Kier alpha value is -1.23. The van der Waals surface area contributed by atoms with E-state index in [1.807, 2.05) is 30.3 Å². The minimum absolute atomic E-state index is 0.0534. The molecule has 0 aliphatic rings. The van der Waals surface area contributed by atoms with Crippen molar-refractivity contribution in [1.82, 2.24) is 5.43 Å². The van der Waals surface area contributed by atoms with Crippen molar-refractivity contribution in [3.63, 3.8) is 0 Å². The molecule has 3 N–H and O–H groups in total. The summed E-state index contributed by atoms with van der Waals surface area (Å²) in [6.07, 6.45) is 0.752. The van der Waals surface area contributed by atoms with E-state index in [1.54, 1.807) is 6.07 Å². The quantitative estimate of drug-likeness (QED) is 0.671. The van der Waals surface area contributed by atoms with Gasteiger partial charge in [-0.25, -0.2) is 4.39 Å². The smallest absolute Gasteiger partial charge is 0.124 e. The monoisotopic (exact) mass is 308 g/mol. The van der Waals surface area contributed by atoms with Crippen molar-refractivity contribution in [3.05, 3.63) is 69.9 Å². The Balaban J connectivity index is 2.23. The number of hydrogen-bond donors (Lipinski definition) is 2. The molecule has 0 heterocycles. The molecule has 0 aromatic heterocycles. The second kappa shape index (κ2) is 6.09. The zero-order chi connectivity index (χ0) is 13.0. The number of halogens is 2. The van der Waals surface area contributed by atoms with Gasteiger partial charge in [-0.05, 0) is 29.7 Å². The number of nitrogens with two attached hydrogens (primary N) is 1. The number of nitrogens with one attached hydrogen (secondary N) is 1. The summed E-state index contributed by atoms with van der Waals surface area (Å²) in [6, 6.07) is 14.6. The summed E-state index contributed by atoms with van der Waals surface area (Å²) in [6.45, 7) is 0. The molecule has 1 unspecified atom stereocenters. The minimum atomic E-state index is -0.263. The summed E-state index contributed by atoms with van der Waals surface area (Å²) in [5.41, 5.74) is 4.90. The van der Waals surface area contributed by atoms with Gasteiger partial charge in [-0.15, -0.1) is 0 Å². The third-order valence-corrected chi connectivity index (χ3v) is 3.51. The second-order valence-corrected chi connectivity index (χ2v) is 4.93. The van der Waals surface area contributed by atoms with Gasteiger partial charge in [-0.1, -0.05) is 52.3 Å². The highest BCUT2D eigenvalue weighted by atomic mass is 79.9. The fourth-order valence-corrected chi connectivity index (χ4v) is 2.52. The zero-order valence-corrected chi connectivity index (χ0v) is 11.3. The predicted molar refractivity (Wildman–Crippen MR) is 74.3 cm³/mol. The summed E-state index contributed by atoms with van der Waals surface area (Å²) < 4.78 is 13.8. The van der Waals surface area contributed by atoms with Gasteiger partial charge >= 0.3 is 0 Å². The van der Waals surface area contributed by atoms with Crippen molar-refractivity contribution in [1.29, 1.82) is 0 Å². The molecule has 0 aliphatic carbocycles. The molecule has 18 heavy (non-hydrogen) atoms. The van der Waals surface area contributed by atoms with Crippen LogP contribution < -0.4 is 11.3 Å².